The Hall–Kier alpha value is -3.47. The van der Waals surface area contributed by atoms with E-state index in [1.807, 2.05) is 0 Å². The standard InChI is InChI=1S/C21H19F2N7OS/c1-30-9-12(7-28-30)32-29-15-5-4-14(22)17(18(15)23)19(31)13-8-25-21-16(13)20(26-10-27-21)24-6-11-2-3-11/h4-5,7-11,29H,2-3,6H2,1H3,(H2,24,25,26,27). The molecule has 0 aliphatic heterocycles. The maximum Gasteiger partial charge on any atom is 0.201 e. The van der Waals surface area contributed by atoms with Gasteiger partial charge in [-0.3, -0.25) is 9.48 Å². The fourth-order valence-electron chi connectivity index (χ4n) is 3.38. The van der Waals surface area contributed by atoms with E-state index in [1.54, 1.807) is 24.1 Å². The highest BCUT2D eigenvalue weighted by atomic mass is 32.2. The number of aromatic nitrogens is 5. The van der Waals surface area contributed by atoms with E-state index in [0.29, 0.717) is 22.8 Å². The number of ketones is 1. The lowest BCUT2D eigenvalue weighted by Gasteiger charge is -2.11. The summed E-state index contributed by atoms with van der Waals surface area (Å²) in [6, 6.07) is 2.33. The number of carbonyl (C=O) groups is 1. The number of hydrogen-bond donors (Lipinski definition) is 3. The predicted octanol–water partition coefficient (Wildman–Crippen LogP) is 4.14. The van der Waals surface area contributed by atoms with Crippen molar-refractivity contribution in [3.8, 4) is 0 Å². The molecule has 0 unspecified atom stereocenters. The molecule has 3 heterocycles. The van der Waals surface area contributed by atoms with Gasteiger partial charge in [-0.25, -0.2) is 18.7 Å². The number of halogens is 2. The normalized spacial score (nSPS) is 13.5. The van der Waals surface area contributed by atoms with Crippen molar-refractivity contribution in [1.82, 2.24) is 24.7 Å². The van der Waals surface area contributed by atoms with E-state index in [-0.39, 0.29) is 11.3 Å². The quantitative estimate of drug-likeness (QED) is 0.271. The molecule has 8 nitrogen and oxygen atoms in total. The molecule has 32 heavy (non-hydrogen) atoms. The van der Waals surface area contributed by atoms with Crippen LogP contribution >= 0.6 is 11.9 Å². The van der Waals surface area contributed by atoms with E-state index in [4.69, 9.17) is 0 Å². The second kappa shape index (κ2) is 8.23. The first-order chi connectivity index (χ1) is 15.5. The number of hydrogen-bond acceptors (Lipinski definition) is 7. The van der Waals surface area contributed by atoms with Crippen molar-refractivity contribution in [2.75, 3.05) is 16.6 Å². The van der Waals surface area contributed by atoms with Crippen LogP contribution in [-0.2, 0) is 7.05 Å². The van der Waals surface area contributed by atoms with Crippen LogP contribution in [0, 0.1) is 17.6 Å². The summed E-state index contributed by atoms with van der Waals surface area (Å²) in [5.74, 6) is -1.65. The zero-order valence-corrected chi connectivity index (χ0v) is 17.8. The molecule has 1 aromatic carbocycles. The van der Waals surface area contributed by atoms with Gasteiger partial charge in [0.15, 0.2) is 5.82 Å². The Morgan fingerprint density at radius 2 is 2.16 bits per heavy atom. The molecule has 164 valence electrons. The average molecular weight is 455 g/mol. The summed E-state index contributed by atoms with van der Waals surface area (Å²) in [7, 11) is 1.76. The molecular formula is C21H19F2N7OS. The molecule has 1 aliphatic carbocycles. The molecule has 1 aliphatic rings. The van der Waals surface area contributed by atoms with E-state index in [9.17, 15) is 9.18 Å². The molecular weight excluding hydrogens is 436 g/mol. The number of rotatable bonds is 8. The van der Waals surface area contributed by atoms with Crippen LogP contribution in [0.5, 0.6) is 0 Å². The summed E-state index contributed by atoms with van der Waals surface area (Å²) in [4.78, 5) is 25.3. The number of nitrogens with one attached hydrogen (secondary N) is 3. The number of nitrogens with zero attached hydrogens (tertiary/aromatic N) is 4. The third-order valence-electron chi connectivity index (χ3n) is 5.25. The van der Waals surface area contributed by atoms with Gasteiger partial charge in [-0.2, -0.15) is 5.10 Å². The molecule has 4 aromatic rings. The summed E-state index contributed by atoms with van der Waals surface area (Å²) >= 11 is 1.11. The van der Waals surface area contributed by atoms with Crippen LogP contribution in [-0.4, -0.2) is 37.1 Å². The third-order valence-corrected chi connectivity index (χ3v) is 6.02. The van der Waals surface area contributed by atoms with Crippen LogP contribution in [0.15, 0.2) is 41.9 Å². The molecule has 0 radical (unpaired) electrons. The smallest absolute Gasteiger partial charge is 0.201 e. The summed E-state index contributed by atoms with van der Waals surface area (Å²) < 4.78 is 34.3. The number of aryl methyl sites for hydroxylation is 1. The number of H-pyrrole nitrogens is 1. The van der Waals surface area contributed by atoms with Crippen LogP contribution in [0.2, 0.25) is 0 Å². The van der Waals surface area contributed by atoms with Crippen molar-refractivity contribution in [3.63, 3.8) is 0 Å². The lowest BCUT2D eigenvalue weighted by molar-refractivity contribution is 0.103. The topological polar surface area (TPSA) is 101 Å². The summed E-state index contributed by atoms with van der Waals surface area (Å²) in [5, 5.41) is 7.68. The molecule has 0 bridgehead atoms. The first-order valence-corrected chi connectivity index (χ1v) is 10.8. The van der Waals surface area contributed by atoms with Gasteiger partial charge in [0, 0.05) is 26.0 Å². The fourth-order valence-corrected chi connectivity index (χ4v) is 4.07. The van der Waals surface area contributed by atoms with E-state index in [0.717, 1.165) is 42.3 Å². The van der Waals surface area contributed by atoms with Crippen LogP contribution in [0.25, 0.3) is 11.0 Å². The Morgan fingerprint density at radius 3 is 2.91 bits per heavy atom. The molecule has 0 atom stereocenters. The number of fused-ring (bicyclic) bond motifs is 1. The van der Waals surface area contributed by atoms with E-state index < -0.39 is 23.0 Å². The number of anilines is 2. The van der Waals surface area contributed by atoms with Crippen molar-refractivity contribution in [2.24, 2.45) is 13.0 Å². The van der Waals surface area contributed by atoms with Gasteiger partial charge in [0.05, 0.1) is 33.3 Å². The van der Waals surface area contributed by atoms with Crippen LogP contribution in [0.4, 0.5) is 20.3 Å². The van der Waals surface area contributed by atoms with Gasteiger partial charge in [-0.15, -0.1) is 0 Å². The Kier molecular flexibility index (Phi) is 5.25. The minimum Gasteiger partial charge on any atom is -0.369 e. The van der Waals surface area contributed by atoms with E-state index >= 15 is 4.39 Å². The third kappa shape index (κ3) is 3.91. The van der Waals surface area contributed by atoms with Crippen molar-refractivity contribution >= 4 is 40.3 Å². The molecule has 1 fully saturated rings. The molecule has 3 N–H and O–H groups in total. The Balaban J connectivity index is 1.47. The predicted molar refractivity (Wildman–Crippen MR) is 118 cm³/mol. The van der Waals surface area contributed by atoms with Crippen molar-refractivity contribution in [1.29, 1.82) is 0 Å². The first kappa shape index (κ1) is 20.4. The number of carbonyl (C=O) groups excluding carboxylic acids is 1. The second-order valence-electron chi connectivity index (χ2n) is 7.64. The zero-order chi connectivity index (χ0) is 22.2. The molecule has 1 saturated carbocycles. The summed E-state index contributed by atoms with van der Waals surface area (Å²) in [5.41, 5.74) is -0.121. The monoisotopic (exact) mass is 455 g/mol. The minimum atomic E-state index is -0.968. The van der Waals surface area contributed by atoms with Gasteiger partial charge in [-0.1, -0.05) is 0 Å². The molecule has 0 amide bonds. The molecule has 0 saturated heterocycles. The van der Waals surface area contributed by atoms with Crippen molar-refractivity contribution in [3.05, 3.63) is 59.8 Å². The Bertz CT molecular complexity index is 1310. The van der Waals surface area contributed by atoms with Gasteiger partial charge < -0.3 is 15.0 Å². The highest BCUT2D eigenvalue weighted by Crippen LogP contribution is 2.33. The van der Waals surface area contributed by atoms with Crippen LogP contribution in [0.1, 0.15) is 28.8 Å². The molecule has 11 heteroatoms. The van der Waals surface area contributed by atoms with E-state index in [2.05, 4.69) is 30.1 Å². The molecule has 5 rings (SSSR count). The summed E-state index contributed by atoms with van der Waals surface area (Å²) in [6.45, 7) is 0.721. The van der Waals surface area contributed by atoms with Gasteiger partial charge in [0.2, 0.25) is 5.78 Å². The summed E-state index contributed by atoms with van der Waals surface area (Å²) in [6.07, 6.45) is 8.43. The average Bonchev–Trinajstić information content (AvgIpc) is 3.35. The number of benzene rings is 1. The lowest BCUT2D eigenvalue weighted by atomic mass is 10.0. The van der Waals surface area contributed by atoms with E-state index in [1.165, 1.54) is 18.6 Å². The SMILES string of the molecule is Cn1cc(SNc2ccc(F)c(C(=O)c3c[nH]c4ncnc(NCC5CC5)c34)c2F)cn1. The Labute approximate surface area is 186 Å². The highest BCUT2D eigenvalue weighted by molar-refractivity contribution is 8.00. The first-order valence-electron chi connectivity index (χ1n) is 10.0. The molecule has 0 spiro atoms. The maximum absolute atomic E-state index is 15.2. The van der Waals surface area contributed by atoms with Crippen LogP contribution in [0.3, 0.4) is 0 Å². The molecule has 3 aromatic heterocycles. The minimum absolute atomic E-state index is 0.00761. The Morgan fingerprint density at radius 1 is 1.31 bits per heavy atom. The van der Waals surface area contributed by atoms with Gasteiger partial charge in [0.25, 0.3) is 0 Å². The van der Waals surface area contributed by atoms with Gasteiger partial charge in [-0.05, 0) is 42.8 Å². The fraction of sp³-hybridized carbons (Fsp3) is 0.238. The van der Waals surface area contributed by atoms with Crippen LogP contribution < -0.4 is 10.0 Å². The number of aromatic amines is 1. The van der Waals surface area contributed by atoms with Crippen molar-refractivity contribution in [2.45, 2.75) is 17.7 Å². The maximum atomic E-state index is 15.2. The van der Waals surface area contributed by atoms with Gasteiger partial charge >= 0.3 is 0 Å². The van der Waals surface area contributed by atoms with Gasteiger partial charge in [0.1, 0.15) is 23.6 Å². The lowest BCUT2D eigenvalue weighted by Crippen LogP contribution is -2.11. The zero-order valence-electron chi connectivity index (χ0n) is 17.0. The largest absolute Gasteiger partial charge is 0.369 e. The highest BCUT2D eigenvalue weighted by Gasteiger charge is 2.27. The second-order valence-corrected chi connectivity index (χ2v) is 8.52. The van der Waals surface area contributed by atoms with Crippen molar-refractivity contribution < 1.29 is 13.6 Å².